The topological polar surface area (TPSA) is 109 Å². The van der Waals surface area contributed by atoms with Crippen LogP contribution in [0.4, 0.5) is 5.69 Å². The largest absolute Gasteiger partial charge is 0.345 e. The number of anilines is 1. The van der Waals surface area contributed by atoms with Gasteiger partial charge in [0.1, 0.15) is 16.7 Å². The van der Waals surface area contributed by atoms with E-state index in [0.29, 0.717) is 18.4 Å². The summed E-state index contributed by atoms with van der Waals surface area (Å²) in [6.07, 6.45) is 1.08. The first-order chi connectivity index (χ1) is 12.5. The molecule has 2 aromatic rings. The smallest absolute Gasteiger partial charge is 0.275 e. The summed E-state index contributed by atoms with van der Waals surface area (Å²) >= 11 is 0. The molecule has 8 heteroatoms. The average molecular weight is 371 g/mol. The molecule has 0 radical (unpaired) electrons. The second kappa shape index (κ2) is 6.27. The minimum Gasteiger partial charge on any atom is -0.345 e. The normalized spacial score (nSPS) is 21.5. The van der Waals surface area contributed by atoms with Crippen molar-refractivity contribution >= 4 is 15.7 Å². The molecule has 3 N–H and O–H groups in total. The van der Waals surface area contributed by atoms with Gasteiger partial charge in [0, 0.05) is 24.1 Å². The number of nitrogens with one attached hydrogen (secondary N) is 1. The van der Waals surface area contributed by atoms with E-state index in [1.807, 2.05) is 12.1 Å². The second-order valence-corrected chi connectivity index (χ2v) is 8.51. The zero-order chi connectivity index (χ0) is 18.3. The highest BCUT2D eigenvalue weighted by molar-refractivity contribution is 7.92. The van der Waals surface area contributed by atoms with Gasteiger partial charge in [-0.25, -0.2) is 8.42 Å². The van der Waals surface area contributed by atoms with Crippen LogP contribution in [0.1, 0.15) is 23.6 Å². The van der Waals surface area contributed by atoms with Crippen LogP contribution in [0.15, 0.2) is 46.1 Å². The van der Waals surface area contributed by atoms with Gasteiger partial charge in [-0.05, 0) is 30.7 Å². The maximum Gasteiger partial charge on any atom is 0.275 e. The third kappa shape index (κ3) is 2.79. The van der Waals surface area contributed by atoms with Crippen molar-refractivity contribution in [3.05, 3.63) is 58.0 Å². The van der Waals surface area contributed by atoms with Crippen LogP contribution >= 0.6 is 0 Å². The van der Waals surface area contributed by atoms with Crippen molar-refractivity contribution in [2.45, 2.75) is 23.8 Å². The monoisotopic (exact) mass is 371 g/mol. The number of quaternary nitrogens is 1. The van der Waals surface area contributed by atoms with Crippen molar-refractivity contribution in [1.82, 2.24) is 4.57 Å². The third-order valence-corrected chi connectivity index (χ3v) is 6.60. The maximum atomic E-state index is 12.9. The summed E-state index contributed by atoms with van der Waals surface area (Å²) in [4.78, 5) is 12.7. The maximum absolute atomic E-state index is 12.9. The molecule has 7 nitrogen and oxygen atoms in total. The van der Waals surface area contributed by atoms with Crippen molar-refractivity contribution < 1.29 is 13.7 Å². The summed E-state index contributed by atoms with van der Waals surface area (Å²) in [5, 5.41) is 11.4. The van der Waals surface area contributed by atoms with E-state index in [1.165, 1.54) is 18.2 Å². The van der Waals surface area contributed by atoms with Crippen LogP contribution in [0.3, 0.4) is 0 Å². The Morgan fingerprint density at radius 3 is 2.81 bits per heavy atom. The molecule has 4 rings (SSSR count). The summed E-state index contributed by atoms with van der Waals surface area (Å²) in [6, 6.07) is 11.2. The number of benzene rings is 1. The van der Waals surface area contributed by atoms with E-state index < -0.39 is 10.0 Å². The zero-order valence-electron chi connectivity index (χ0n) is 14.1. The Bertz CT molecular complexity index is 1070. The lowest BCUT2D eigenvalue weighted by atomic mass is 9.84. The van der Waals surface area contributed by atoms with Crippen molar-refractivity contribution in [1.29, 1.82) is 5.26 Å². The summed E-state index contributed by atoms with van der Waals surface area (Å²) < 4.78 is 29.4. The lowest BCUT2D eigenvalue weighted by Gasteiger charge is -2.35. The molecule has 0 spiro atoms. The fraction of sp³-hybridized carbons (Fsp3) is 0.333. The van der Waals surface area contributed by atoms with Gasteiger partial charge < -0.3 is 9.88 Å². The highest BCUT2D eigenvalue weighted by Crippen LogP contribution is 2.30. The van der Waals surface area contributed by atoms with Gasteiger partial charge in [0.15, 0.2) is 0 Å². The zero-order valence-corrected chi connectivity index (χ0v) is 14.9. The van der Waals surface area contributed by atoms with E-state index in [9.17, 15) is 13.2 Å². The van der Waals surface area contributed by atoms with Gasteiger partial charge in [-0.2, -0.15) is 5.26 Å². The molecule has 134 valence electrons. The minimum absolute atomic E-state index is 0.0189. The lowest BCUT2D eigenvalue weighted by Crippen LogP contribution is -2.89. The van der Waals surface area contributed by atoms with E-state index in [0.717, 1.165) is 25.2 Å². The molecule has 1 aromatic carbocycles. The molecular weight excluding hydrogens is 352 g/mol. The Morgan fingerprint density at radius 2 is 2.00 bits per heavy atom. The Labute approximate surface area is 151 Å². The third-order valence-electron chi connectivity index (χ3n) is 5.18. The van der Waals surface area contributed by atoms with E-state index in [-0.39, 0.29) is 21.7 Å². The predicted octanol–water partition coefficient (Wildman–Crippen LogP) is 0.201. The molecular formula is C18H19N4O3S+. The van der Waals surface area contributed by atoms with E-state index >= 15 is 0 Å². The number of piperidine rings is 1. The summed E-state index contributed by atoms with van der Waals surface area (Å²) in [5.74, 6) is 0.769. The molecule has 2 atom stereocenters. The highest BCUT2D eigenvalue weighted by atomic mass is 32.2. The van der Waals surface area contributed by atoms with Gasteiger partial charge in [0.05, 0.1) is 18.7 Å². The first-order valence-electron chi connectivity index (χ1n) is 8.57. The van der Waals surface area contributed by atoms with Gasteiger partial charge in [-0.3, -0.25) is 9.52 Å². The summed E-state index contributed by atoms with van der Waals surface area (Å²) in [5.41, 5.74) is 0.716. The van der Waals surface area contributed by atoms with Crippen LogP contribution in [-0.2, 0) is 16.6 Å². The molecule has 0 amide bonds. The number of rotatable bonds is 3. The Balaban J connectivity index is 1.73. The first kappa shape index (κ1) is 16.8. The number of hydrogen-bond donors (Lipinski definition) is 2. The van der Waals surface area contributed by atoms with Gasteiger partial charge in [0.2, 0.25) is 0 Å². The van der Waals surface area contributed by atoms with Crippen molar-refractivity contribution in [2.24, 2.45) is 5.92 Å². The fourth-order valence-corrected chi connectivity index (χ4v) is 5.20. The highest BCUT2D eigenvalue weighted by Gasteiger charge is 2.34. The predicted molar refractivity (Wildman–Crippen MR) is 95.2 cm³/mol. The van der Waals surface area contributed by atoms with Crippen LogP contribution in [0, 0.1) is 17.2 Å². The molecule has 2 aliphatic rings. The molecule has 1 aromatic heterocycles. The molecule has 1 saturated heterocycles. The van der Waals surface area contributed by atoms with Crippen LogP contribution < -0.4 is 15.6 Å². The number of nitrogens with zero attached hydrogens (tertiary/aromatic N) is 2. The molecule has 2 bridgehead atoms. The van der Waals surface area contributed by atoms with E-state index in [1.54, 1.807) is 16.7 Å². The number of nitriles is 1. The molecule has 2 aliphatic heterocycles. The molecule has 3 heterocycles. The van der Waals surface area contributed by atoms with Gasteiger partial charge >= 0.3 is 0 Å². The van der Waals surface area contributed by atoms with Crippen molar-refractivity contribution in [2.75, 3.05) is 17.8 Å². The van der Waals surface area contributed by atoms with Crippen LogP contribution in [0.5, 0.6) is 0 Å². The number of nitrogens with two attached hydrogens (primary N) is 1. The van der Waals surface area contributed by atoms with Gasteiger partial charge in [0.25, 0.3) is 15.6 Å². The Kier molecular flexibility index (Phi) is 4.05. The quantitative estimate of drug-likeness (QED) is 0.803. The van der Waals surface area contributed by atoms with Gasteiger partial charge in [-0.15, -0.1) is 0 Å². The SMILES string of the molecule is N#Cc1ccccc1S(=O)(=O)Nc1ccc2n(c1=O)C[C@@H]1C[NH2+]C[C@H]2C1. The first-order valence-corrected chi connectivity index (χ1v) is 10.1. The van der Waals surface area contributed by atoms with E-state index in [4.69, 9.17) is 5.26 Å². The lowest BCUT2D eigenvalue weighted by molar-refractivity contribution is -0.673. The standard InChI is InChI=1S/C18H18N4O3S/c19-8-13-3-1-2-4-17(13)26(24,25)21-15-5-6-16-14-7-12(9-20-10-14)11-22(16)18(15)23/h1-6,12,14,20-21H,7,9-11H2/p+1/t12-,14+/m0/s1. The van der Waals surface area contributed by atoms with E-state index in [2.05, 4.69) is 10.0 Å². The number of pyridine rings is 1. The molecule has 0 unspecified atom stereocenters. The molecule has 0 aliphatic carbocycles. The molecule has 0 saturated carbocycles. The minimum atomic E-state index is -4.02. The van der Waals surface area contributed by atoms with Crippen LogP contribution in [-0.4, -0.2) is 26.1 Å². The second-order valence-electron chi connectivity index (χ2n) is 6.86. The van der Waals surface area contributed by atoms with Crippen LogP contribution in [0.2, 0.25) is 0 Å². The summed E-state index contributed by atoms with van der Waals surface area (Å²) in [7, 11) is -4.02. The van der Waals surface area contributed by atoms with Crippen molar-refractivity contribution in [3.63, 3.8) is 0 Å². The molecule has 26 heavy (non-hydrogen) atoms. The average Bonchev–Trinajstić information content (AvgIpc) is 2.64. The Hall–Kier alpha value is -2.63. The molecule has 1 fully saturated rings. The fourth-order valence-electron chi connectivity index (χ4n) is 3.98. The number of sulfonamides is 1. The van der Waals surface area contributed by atoms with Crippen molar-refractivity contribution in [3.8, 4) is 6.07 Å². The number of fused-ring (bicyclic) bond motifs is 4. The summed E-state index contributed by atoms with van der Waals surface area (Å²) in [6.45, 7) is 2.57. The number of aromatic nitrogens is 1. The number of hydrogen-bond acceptors (Lipinski definition) is 4. The van der Waals surface area contributed by atoms with Crippen LogP contribution in [0.25, 0.3) is 0 Å². The Morgan fingerprint density at radius 1 is 1.19 bits per heavy atom. The van der Waals surface area contributed by atoms with Gasteiger partial charge in [-0.1, -0.05) is 12.1 Å².